The quantitative estimate of drug-likeness (QED) is 0.177. The summed E-state index contributed by atoms with van der Waals surface area (Å²) in [7, 11) is 0. The molecule has 2 aliphatic carbocycles. The highest BCUT2D eigenvalue weighted by Gasteiger charge is 2.47. The van der Waals surface area contributed by atoms with Crippen LogP contribution in [0.1, 0.15) is 72.3 Å². The second kappa shape index (κ2) is 14.3. The molecule has 0 fully saturated rings. The van der Waals surface area contributed by atoms with Gasteiger partial charge in [0, 0.05) is 33.4 Å². The first-order chi connectivity index (χ1) is 27.9. The molecule has 290 valence electrons. The third-order valence-electron chi connectivity index (χ3n) is 8.95. The highest BCUT2D eigenvalue weighted by atomic mass is 19.4. The number of allylic oxidation sites excluding steroid dienone is 8. The van der Waals surface area contributed by atoms with Gasteiger partial charge in [0.25, 0.3) is 0 Å². The van der Waals surface area contributed by atoms with Crippen LogP contribution in [0.4, 0.5) is 52.7 Å². The van der Waals surface area contributed by atoms with Gasteiger partial charge < -0.3 is 0 Å². The van der Waals surface area contributed by atoms with Crippen molar-refractivity contribution in [1.82, 2.24) is 0 Å². The molecular weight excluding hydrogens is 822 g/mol. The molecule has 0 aromatic heterocycles. The molecule has 5 rings (SSSR count). The Balaban J connectivity index is 2.10. The molecule has 0 saturated carbocycles. The summed E-state index contributed by atoms with van der Waals surface area (Å²) < 4.78 is 171. The molecule has 0 saturated heterocycles. The van der Waals surface area contributed by atoms with Crippen molar-refractivity contribution in [2.75, 3.05) is 0 Å². The molecule has 9 nitrogen and oxygen atoms in total. The Labute approximate surface area is 326 Å². The van der Waals surface area contributed by atoms with Gasteiger partial charge >= 0.3 is 24.7 Å². The Morgan fingerprint density at radius 1 is 0.367 bits per heavy atom. The molecule has 0 atom stereocenters. The van der Waals surface area contributed by atoms with Gasteiger partial charge in [0.1, 0.15) is 65.8 Å². The van der Waals surface area contributed by atoms with E-state index in [0.717, 1.165) is 12.1 Å². The van der Waals surface area contributed by atoms with E-state index in [-0.39, 0.29) is 24.3 Å². The number of alkyl halides is 12. The molecule has 3 aromatic rings. The van der Waals surface area contributed by atoms with Crippen molar-refractivity contribution in [2.24, 2.45) is 0 Å². The first-order valence-electron chi connectivity index (χ1n) is 15.4. The molecule has 21 heteroatoms. The van der Waals surface area contributed by atoms with Gasteiger partial charge in [0.15, 0.2) is 0 Å². The van der Waals surface area contributed by atoms with E-state index in [0.29, 0.717) is 6.07 Å². The van der Waals surface area contributed by atoms with Gasteiger partial charge in [-0.05, 0) is 52.6 Å². The van der Waals surface area contributed by atoms with Crippen LogP contribution in [0.5, 0.6) is 0 Å². The van der Waals surface area contributed by atoms with Crippen LogP contribution in [-0.4, -0.2) is 0 Å². The monoisotopic (exact) mass is 827 g/mol. The number of nitriles is 9. The topological polar surface area (TPSA) is 214 Å². The molecular formula is C39H5F12N9. The Kier molecular flexibility index (Phi) is 10.1. The van der Waals surface area contributed by atoms with Crippen LogP contribution in [0, 0.1) is 102 Å². The maximum Gasteiger partial charge on any atom is 0.417 e. The lowest BCUT2D eigenvalue weighted by Gasteiger charge is -2.18. The summed E-state index contributed by atoms with van der Waals surface area (Å²) in [4.78, 5) is 0. The standard InChI is InChI=1S/C39H5F12N9/c40-36(41,42)26-1-15(2-27(21(26)10-56)37(43,44)45)30-23(12-58)34-19(32(30)17(6-52)7-53)5-20-33(18(8-54)9-55)31(24(13-59)35(20)25(34)14-60)16-3-28(38(46,47)48)22(11-57)29(4-16)39(49,50)51/h1-5H. The molecule has 0 aliphatic heterocycles. The van der Waals surface area contributed by atoms with Crippen LogP contribution < -0.4 is 0 Å². The minimum atomic E-state index is -5.70. The van der Waals surface area contributed by atoms with E-state index in [2.05, 4.69) is 0 Å². The average molecular weight is 828 g/mol. The van der Waals surface area contributed by atoms with Crippen molar-refractivity contribution in [2.45, 2.75) is 24.7 Å². The molecule has 0 radical (unpaired) electrons. The third kappa shape index (κ3) is 6.44. The van der Waals surface area contributed by atoms with E-state index in [1.54, 1.807) is 0 Å². The molecule has 0 N–H and O–H groups in total. The SMILES string of the molecule is N#CC(C#N)=C1C(c2cc(C(F)(F)F)c(C#N)c(C(F)(F)F)c2)=C(C#N)c2c1cc1c(c2C#N)C(C#N)=C(c2cc(C(F)(F)F)c(C#N)c(C(F)(F)F)c2)C1=C(C#N)C#N. The van der Waals surface area contributed by atoms with Crippen LogP contribution in [0.15, 0.2) is 41.5 Å². The van der Waals surface area contributed by atoms with Gasteiger partial charge in [-0.25, -0.2) is 0 Å². The molecule has 0 unspecified atom stereocenters. The van der Waals surface area contributed by atoms with E-state index < -0.39 is 142 Å². The van der Waals surface area contributed by atoms with Crippen molar-refractivity contribution >= 4 is 33.4 Å². The zero-order valence-corrected chi connectivity index (χ0v) is 28.4. The van der Waals surface area contributed by atoms with E-state index in [9.17, 15) is 100 Å². The third-order valence-corrected chi connectivity index (χ3v) is 8.95. The van der Waals surface area contributed by atoms with Crippen molar-refractivity contribution in [3.8, 4) is 54.6 Å². The van der Waals surface area contributed by atoms with E-state index in [1.165, 1.54) is 42.5 Å². The summed E-state index contributed by atoms with van der Waals surface area (Å²) >= 11 is 0. The highest BCUT2D eigenvalue weighted by molar-refractivity contribution is 6.31. The zero-order valence-electron chi connectivity index (χ0n) is 28.4. The fraction of sp³-hybridized carbons (Fsp3) is 0.103. The van der Waals surface area contributed by atoms with Gasteiger partial charge in [-0.3, -0.25) is 0 Å². The molecule has 0 bridgehead atoms. The second-order valence-electron chi connectivity index (χ2n) is 12.0. The van der Waals surface area contributed by atoms with Crippen molar-refractivity contribution in [3.63, 3.8) is 0 Å². The lowest BCUT2D eigenvalue weighted by Crippen LogP contribution is -2.16. The fourth-order valence-electron chi connectivity index (χ4n) is 6.78. The zero-order chi connectivity index (χ0) is 45.0. The number of halogens is 12. The van der Waals surface area contributed by atoms with Crippen LogP contribution in [0.3, 0.4) is 0 Å². The van der Waals surface area contributed by atoms with Crippen molar-refractivity contribution in [1.29, 1.82) is 47.4 Å². The first-order valence-corrected chi connectivity index (χ1v) is 15.4. The smallest absolute Gasteiger partial charge is 0.192 e. The number of hydrogen-bond acceptors (Lipinski definition) is 9. The summed E-state index contributed by atoms with van der Waals surface area (Å²) in [5.41, 5.74) is -27.7. The van der Waals surface area contributed by atoms with Crippen molar-refractivity contribution < 1.29 is 52.7 Å². The summed E-state index contributed by atoms with van der Waals surface area (Å²) in [6, 6.07) is 12.0. The maximum atomic E-state index is 14.3. The number of rotatable bonds is 2. The molecule has 0 spiro atoms. The van der Waals surface area contributed by atoms with Crippen LogP contribution in [0.25, 0.3) is 33.4 Å². The van der Waals surface area contributed by atoms with Crippen molar-refractivity contribution in [3.05, 3.63) is 114 Å². The van der Waals surface area contributed by atoms with E-state index in [4.69, 9.17) is 0 Å². The molecule has 2 aliphatic rings. The van der Waals surface area contributed by atoms with Gasteiger partial charge in [-0.15, -0.1) is 0 Å². The number of benzene rings is 3. The Morgan fingerprint density at radius 3 is 0.833 bits per heavy atom. The lowest BCUT2D eigenvalue weighted by molar-refractivity contribution is -0.145. The summed E-state index contributed by atoms with van der Waals surface area (Å²) in [5, 5.41) is 90.0. The average Bonchev–Trinajstić information content (AvgIpc) is 3.68. The van der Waals surface area contributed by atoms with E-state index >= 15 is 0 Å². The second-order valence-corrected chi connectivity index (χ2v) is 12.0. The number of fused-ring (bicyclic) bond motifs is 2. The van der Waals surface area contributed by atoms with Gasteiger partial charge in [-0.2, -0.15) is 100 Å². The van der Waals surface area contributed by atoms with Gasteiger partial charge in [0.05, 0.1) is 50.1 Å². The van der Waals surface area contributed by atoms with Gasteiger partial charge in [-0.1, -0.05) is 0 Å². The predicted molar refractivity (Wildman–Crippen MR) is 175 cm³/mol. The summed E-state index contributed by atoms with van der Waals surface area (Å²) in [6.45, 7) is 0. The number of hydrogen-bond donors (Lipinski definition) is 0. The Morgan fingerprint density at radius 2 is 0.633 bits per heavy atom. The van der Waals surface area contributed by atoms with Crippen LogP contribution in [0.2, 0.25) is 0 Å². The molecule has 60 heavy (non-hydrogen) atoms. The minimum absolute atomic E-state index is 0.0205. The fourth-order valence-corrected chi connectivity index (χ4v) is 6.78. The summed E-state index contributed by atoms with van der Waals surface area (Å²) in [5.74, 6) is 0. The molecule has 3 aromatic carbocycles. The largest absolute Gasteiger partial charge is 0.417 e. The molecule has 0 amide bonds. The minimum Gasteiger partial charge on any atom is -0.192 e. The molecule has 0 heterocycles. The summed E-state index contributed by atoms with van der Waals surface area (Å²) in [6.07, 6.45) is -22.8. The first kappa shape index (κ1) is 42.3. The van der Waals surface area contributed by atoms with Gasteiger partial charge in [0.2, 0.25) is 0 Å². The number of nitrogens with zero attached hydrogens (tertiary/aromatic N) is 9. The normalized spacial score (nSPS) is 13.3. The van der Waals surface area contributed by atoms with Crippen LogP contribution in [-0.2, 0) is 24.7 Å². The van der Waals surface area contributed by atoms with Crippen LogP contribution >= 0.6 is 0 Å². The van der Waals surface area contributed by atoms with E-state index in [1.807, 2.05) is 0 Å². The Bertz CT molecular complexity index is 2770. The predicted octanol–water partition coefficient (Wildman–Crippen LogP) is 9.87. The highest BCUT2D eigenvalue weighted by Crippen LogP contribution is 2.57. The Hall–Kier alpha value is -8.81. The maximum absolute atomic E-state index is 14.3. The lowest BCUT2D eigenvalue weighted by atomic mass is 9.86.